The van der Waals surface area contributed by atoms with E-state index in [4.69, 9.17) is 19.7 Å². The fourth-order valence-corrected chi connectivity index (χ4v) is 2.62. The maximum atomic E-state index is 10.7. The number of rotatable bonds is 4. The number of hydrogen-bond donors (Lipinski definition) is 2. The molecular weight excluding hydrogens is 392 g/mol. The average Bonchev–Trinajstić information content (AvgIpc) is 2.55. The normalized spacial score (nSPS) is 9.64. The van der Waals surface area contributed by atoms with Crippen LogP contribution < -0.4 is 9.47 Å². The monoisotopic (exact) mass is 410 g/mol. The van der Waals surface area contributed by atoms with Crippen molar-refractivity contribution >= 4 is 27.9 Å². The predicted octanol–water partition coefficient (Wildman–Crippen LogP) is 4.17. The summed E-state index contributed by atoms with van der Waals surface area (Å²) in [7, 11) is 3.04. The number of ether oxygens (including phenoxy) is 2. The van der Waals surface area contributed by atoms with E-state index >= 15 is 0 Å². The van der Waals surface area contributed by atoms with E-state index in [1.165, 1.54) is 26.4 Å². The largest absolute Gasteiger partial charge is 0.496 e. The first-order valence-corrected chi connectivity index (χ1v) is 7.95. The molecule has 7 heteroatoms. The van der Waals surface area contributed by atoms with Crippen LogP contribution in [0, 0.1) is 13.8 Å². The molecule has 25 heavy (non-hydrogen) atoms. The van der Waals surface area contributed by atoms with Crippen molar-refractivity contribution in [2.45, 2.75) is 13.8 Å². The number of aromatic carboxylic acids is 2. The van der Waals surface area contributed by atoms with Gasteiger partial charge in [-0.25, -0.2) is 9.59 Å². The summed E-state index contributed by atoms with van der Waals surface area (Å²) in [6.45, 7) is 3.72. The van der Waals surface area contributed by atoms with Crippen LogP contribution in [-0.2, 0) is 0 Å². The van der Waals surface area contributed by atoms with E-state index in [9.17, 15) is 9.59 Å². The molecule has 0 heterocycles. The number of hydrogen-bond acceptors (Lipinski definition) is 4. The summed E-state index contributed by atoms with van der Waals surface area (Å²) in [5.41, 5.74) is 2.29. The van der Waals surface area contributed by atoms with Crippen molar-refractivity contribution in [3.8, 4) is 11.5 Å². The van der Waals surface area contributed by atoms with Gasteiger partial charge in [0, 0.05) is 4.47 Å². The van der Waals surface area contributed by atoms with E-state index in [0.717, 1.165) is 11.1 Å². The lowest BCUT2D eigenvalue weighted by Gasteiger charge is -2.06. The molecular formula is C18H19BrO6. The zero-order valence-corrected chi connectivity index (χ0v) is 15.9. The molecule has 0 saturated carbocycles. The fourth-order valence-electron chi connectivity index (χ4n) is 1.99. The van der Waals surface area contributed by atoms with Crippen LogP contribution in [0.25, 0.3) is 0 Å². The molecule has 0 amide bonds. The average molecular weight is 411 g/mol. The summed E-state index contributed by atoms with van der Waals surface area (Å²) in [4.78, 5) is 21.2. The van der Waals surface area contributed by atoms with E-state index in [1.54, 1.807) is 18.2 Å². The molecule has 0 unspecified atom stereocenters. The molecule has 0 fully saturated rings. The molecule has 0 aliphatic rings. The predicted molar refractivity (Wildman–Crippen MR) is 97.1 cm³/mol. The van der Waals surface area contributed by atoms with Gasteiger partial charge in [-0.2, -0.15) is 0 Å². The van der Waals surface area contributed by atoms with Crippen LogP contribution >= 0.6 is 15.9 Å². The summed E-state index contributed by atoms with van der Waals surface area (Å²) in [6.07, 6.45) is 0. The van der Waals surface area contributed by atoms with Crippen LogP contribution in [0.3, 0.4) is 0 Å². The lowest BCUT2D eigenvalue weighted by Crippen LogP contribution is -1.99. The maximum Gasteiger partial charge on any atom is 0.336 e. The number of benzene rings is 2. The Bertz CT molecular complexity index is 785. The molecule has 2 aromatic carbocycles. The van der Waals surface area contributed by atoms with E-state index in [2.05, 4.69) is 15.9 Å². The van der Waals surface area contributed by atoms with Crippen LogP contribution in [0.2, 0.25) is 0 Å². The summed E-state index contributed by atoms with van der Waals surface area (Å²) in [5, 5.41) is 17.4. The Labute approximate surface area is 154 Å². The van der Waals surface area contributed by atoms with Gasteiger partial charge in [0.15, 0.2) is 0 Å². The quantitative estimate of drug-likeness (QED) is 0.785. The second-order valence-electron chi connectivity index (χ2n) is 5.10. The van der Waals surface area contributed by atoms with E-state index in [0.29, 0.717) is 16.0 Å². The third kappa shape index (κ3) is 5.49. The van der Waals surface area contributed by atoms with Gasteiger partial charge in [0.05, 0.1) is 25.3 Å². The third-order valence-electron chi connectivity index (χ3n) is 3.37. The minimum atomic E-state index is -0.967. The number of halogens is 1. The van der Waals surface area contributed by atoms with Crippen LogP contribution in [0.4, 0.5) is 0 Å². The van der Waals surface area contributed by atoms with Crippen LogP contribution in [0.1, 0.15) is 31.8 Å². The van der Waals surface area contributed by atoms with Gasteiger partial charge in [-0.05, 0) is 65.2 Å². The molecule has 6 nitrogen and oxygen atoms in total. The number of aryl methyl sites for hydroxylation is 2. The van der Waals surface area contributed by atoms with E-state index in [-0.39, 0.29) is 11.1 Å². The van der Waals surface area contributed by atoms with Gasteiger partial charge in [-0.3, -0.25) is 0 Å². The summed E-state index contributed by atoms with van der Waals surface area (Å²) in [6, 6.07) is 8.02. The van der Waals surface area contributed by atoms with Gasteiger partial charge >= 0.3 is 11.9 Å². The topological polar surface area (TPSA) is 93.1 Å². The number of carbonyl (C=O) groups is 2. The van der Waals surface area contributed by atoms with Gasteiger partial charge in [-0.15, -0.1) is 0 Å². The van der Waals surface area contributed by atoms with Crippen LogP contribution in [0.15, 0.2) is 34.8 Å². The Kier molecular flexibility index (Phi) is 7.44. The first kappa shape index (κ1) is 20.5. The standard InChI is InChI=1S/C9H9BrO3.C9H10O3/c1-5-3-7(10)6(9(11)12)4-8(5)13-2;1-6-3-4-7(9(10)11)5-8(6)12-2/h3-4H,1-2H3,(H,11,12);3-5H,1-2H3,(H,10,11). The summed E-state index contributed by atoms with van der Waals surface area (Å²) < 4.78 is 10.5. The lowest BCUT2D eigenvalue weighted by molar-refractivity contribution is 0.0685. The molecule has 0 saturated heterocycles. The van der Waals surface area contributed by atoms with Crippen molar-refractivity contribution in [3.05, 3.63) is 57.1 Å². The first-order valence-electron chi connectivity index (χ1n) is 7.16. The van der Waals surface area contributed by atoms with Crippen molar-refractivity contribution in [1.29, 1.82) is 0 Å². The Morgan fingerprint density at radius 2 is 1.44 bits per heavy atom. The molecule has 0 radical (unpaired) electrons. The van der Waals surface area contributed by atoms with Crippen LogP contribution in [0.5, 0.6) is 11.5 Å². The Morgan fingerprint density at radius 3 is 1.92 bits per heavy atom. The molecule has 0 bridgehead atoms. The van der Waals surface area contributed by atoms with Crippen molar-refractivity contribution in [2.24, 2.45) is 0 Å². The van der Waals surface area contributed by atoms with Crippen molar-refractivity contribution < 1.29 is 29.3 Å². The van der Waals surface area contributed by atoms with Crippen molar-refractivity contribution in [3.63, 3.8) is 0 Å². The Balaban J connectivity index is 0.000000251. The summed E-state index contributed by atoms with van der Waals surface area (Å²) in [5.74, 6) is -0.714. The maximum absolute atomic E-state index is 10.7. The second kappa shape index (κ2) is 9.08. The van der Waals surface area contributed by atoms with Gasteiger partial charge < -0.3 is 19.7 Å². The summed E-state index contributed by atoms with van der Waals surface area (Å²) >= 11 is 3.17. The lowest BCUT2D eigenvalue weighted by atomic mass is 10.1. The van der Waals surface area contributed by atoms with Gasteiger partial charge in [0.1, 0.15) is 11.5 Å². The molecule has 0 spiro atoms. The second-order valence-corrected chi connectivity index (χ2v) is 5.95. The van der Waals surface area contributed by atoms with Gasteiger partial charge in [0.2, 0.25) is 0 Å². The Hall–Kier alpha value is -2.54. The molecule has 2 rings (SSSR count). The van der Waals surface area contributed by atoms with Crippen molar-refractivity contribution in [2.75, 3.05) is 14.2 Å². The third-order valence-corrected chi connectivity index (χ3v) is 4.03. The molecule has 2 N–H and O–H groups in total. The highest BCUT2D eigenvalue weighted by molar-refractivity contribution is 9.10. The Morgan fingerprint density at radius 1 is 0.880 bits per heavy atom. The minimum Gasteiger partial charge on any atom is -0.496 e. The SMILES string of the molecule is COc1cc(C(=O)O)c(Br)cc1C.COc1cc(C(=O)O)ccc1C. The zero-order valence-electron chi connectivity index (χ0n) is 14.3. The van der Waals surface area contributed by atoms with Crippen LogP contribution in [-0.4, -0.2) is 36.4 Å². The van der Waals surface area contributed by atoms with Gasteiger partial charge in [-0.1, -0.05) is 6.07 Å². The smallest absolute Gasteiger partial charge is 0.336 e. The molecule has 0 atom stereocenters. The molecule has 0 aliphatic carbocycles. The fraction of sp³-hybridized carbons (Fsp3) is 0.222. The number of carboxylic acid groups (broad SMARTS) is 2. The van der Waals surface area contributed by atoms with Crippen molar-refractivity contribution in [1.82, 2.24) is 0 Å². The minimum absolute atomic E-state index is 0.211. The molecule has 0 aliphatic heterocycles. The number of carboxylic acids is 2. The highest BCUT2D eigenvalue weighted by Gasteiger charge is 2.11. The first-order chi connectivity index (χ1) is 11.7. The number of methoxy groups -OCH3 is 2. The van der Waals surface area contributed by atoms with E-state index in [1.807, 2.05) is 13.8 Å². The molecule has 2 aromatic rings. The molecule has 0 aromatic heterocycles. The van der Waals surface area contributed by atoms with Gasteiger partial charge in [0.25, 0.3) is 0 Å². The molecule has 134 valence electrons. The van der Waals surface area contributed by atoms with E-state index < -0.39 is 11.9 Å². The zero-order chi connectivity index (χ0) is 19.1. The highest BCUT2D eigenvalue weighted by atomic mass is 79.9. The highest BCUT2D eigenvalue weighted by Crippen LogP contribution is 2.26.